The van der Waals surface area contributed by atoms with E-state index in [4.69, 9.17) is 1.37 Å². The normalized spacial score (nSPS) is 14.2. The molecule has 0 aromatic carbocycles. The topological polar surface area (TPSA) is 41.0 Å². The van der Waals surface area contributed by atoms with Gasteiger partial charge in [0.25, 0.3) is 0 Å². The van der Waals surface area contributed by atoms with Crippen LogP contribution in [0.5, 0.6) is 0 Å². The van der Waals surface area contributed by atoms with Crippen LogP contribution in [0.15, 0.2) is 16.3 Å². The van der Waals surface area contributed by atoms with Gasteiger partial charge >= 0.3 is 6.18 Å². The average molecular weight is 238 g/mol. The summed E-state index contributed by atoms with van der Waals surface area (Å²) >= 11 is 1.13. The Labute approximate surface area is 90.3 Å². The molecule has 0 aliphatic heterocycles. The van der Waals surface area contributed by atoms with Gasteiger partial charge < -0.3 is 4.98 Å². The Morgan fingerprint density at radius 3 is 2.80 bits per heavy atom. The molecule has 0 atom stereocenters. The van der Waals surface area contributed by atoms with Gasteiger partial charge in [0, 0.05) is 12.7 Å². The molecule has 0 saturated heterocycles. The lowest BCUT2D eigenvalue weighted by Gasteiger charge is -2.07. The molecule has 3 nitrogen and oxygen atoms in total. The molecule has 0 bridgehead atoms. The molecule has 1 N–H and O–H groups in total. The van der Waals surface area contributed by atoms with Crippen LogP contribution >= 0.6 is 11.8 Å². The Morgan fingerprint density at radius 2 is 2.33 bits per heavy atom. The van der Waals surface area contributed by atoms with E-state index in [1.807, 2.05) is 0 Å². The molecule has 0 aliphatic carbocycles. The number of hydrogen-bond donors (Lipinski definition) is 1. The molecular weight excluding hydrogens is 227 g/mol. The van der Waals surface area contributed by atoms with Gasteiger partial charge in [-0.25, -0.2) is 4.98 Å². The largest absolute Gasteiger partial charge is 0.421 e. The fourth-order valence-corrected chi connectivity index (χ4v) is 1.26. The lowest BCUT2D eigenvalue weighted by molar-refractivity contribution is -0.139. The molecule has 1 aromatic rings. The number of rotatable bonds is 2. The van der Waals surface area contributed by atoms with E-state index in [1.54, 1.807) is 13.2 Å². The minimum atomic E-state index is -4.62. The van der Waals surface area contributed by atoms with Crippen LogP contribution in [0.3, 0.4) is 0 Å². The van der Waals surface area contributed by atoms with Gasteiger partial charge in [-0.2, -0.15) is 13.2 Å². The first kappa shape index (κ1) is 10.5. The van der Waals surface area contributed by atoms with Crippen LogP contribution in [-0.4, -0.2) is 22.8 Å². The number of hydrogen-bond acceptors (Lipinski definition) is 3. The summed E-state index contributed by atoms with van der Waals surface area (Å²) in [7, 11) is 0. The third kappa shape index (κ3) is 2.98. The van der Waals surface area contributed by atoms with Crippen molar-refractivity contribution in [3.05, 3.63) is 17.2 Å². The predicted molar refractivity (Wildman–Crippen MR) is 51.5 cm³/mol. The molecule has 0 spiro atoms. The molecule has 0 unspecified atom stereocenters. The highest BCUT2D eigenvalue weighted by Gasteiger charge is 2.33. The minimum Gasteiger partial charge on any atom is -0.319 e. The quantitative estimate of drug-likeness (QED) is 0.633. The average Bonchev–Trinajstić information content (AvgIpc) is 2.15. The van der Waals surface area contributed by atoms with Crippen molar-refractivity contribution in [1.82, 2.24) is 9.97 Å². The molecule has 1 rings (SSSR count). The molecule has 7 heteroatoms. The first-order valence-electron chi connectivity index (χ1n) is 4.62. The minimum absolute atomic E-state index is 0.205. The summed E-state index contributed by atoms with van der Waals surface area (Å²) in [6, 6.07) is 0. The van der Waals surface area contributed by atoms with E-state index in [9.17, 15) is 13.2 Å². The van der Waals surface area contributed by atoms with Crippen molar-refractivity contribution >= 4 is 11.8 Å². The van der Waals surface area contributed by atoms with Gasteiger partial charge in [-0.05, 0) is 13.2 Å². The second-order valence-corrected chi connectivity index (χ2v) is 3.35. The number of H-pyrrole nitrogens is 1. The van der Waals surface area contributed by atoms with Gasteiger partial charge in [0.15, 0.2) is 5.16 Å². The Kier molecular flexibility index (Phi) is 3.30. The van der Waals surface area contributed by atoms with E-state index in [-0.39, 0.29) is 17.2 Å². The molecule has 0 radical (unpaired) electrons. The van der Waals surface area contributed by atoms with E-state index in [0.29, 0.717) is 0 Å². The van der Waals surface area contributed by atoms with Crippen LogP contribution in [-0.2, 0) is 6.18 Å². The van der Waals surface area contributed by atoms with E-state index < -0.39 is 17.9 Å². The number of thioether (sulfide) groups is 1. The number of nitrogens with one attached hydrogen (secondary N) is 1. The van der Waals surface area contributed by atoms with Crippen molar-refractivity contribution in [3.63, 3.8) is 0 Å². The Hall–Kier alpha value is -0.980. The number of nitrogens with zero attached hydrogens (tertiary/aromatic N) is 2. The molecule has 0 saturated carbocycles. The van der Waals surface area contributed by atoms with Crippen LogP contribution in [0.4, 0.5) is 13.2 Å². The zero-order chi connectivity index (χ0) is 12.3. The van der Waals surface area contributed by atoms with Crippen LogP contribution in [0, 0.1) is 0 Å². The third-order valence-corrected chi connectivity index (χ3v) is 2.10. The van der Waals surface area contributed by atoms with Crippen LogP contribution in [0.2, 0.25) is 0 Å². The van der Waals surface area contributed by atoms with Gasteiger partial charge in [0.2, 0.25) is 0 Å². The molecule has 0 aliphatic rings. The van der Waals surface area contributed by atoms with Gasteiger partial charge in [-0.1, -0.05) is 11.8 Å². The van der Waals surface area contributed by atoms with Crippen LogP contribution in [0.1, 0.15) is 13.9 Å². The molecular formula is C8H10F3N3S. The summed E-state index contributed by atoms with van der Waals surface area (Å²) in [5.74, 6) is 0. The summed E-state index contributed by atoms with van der Waals surface area (Å²) in [4.78, 5) is 9.64. The summed E-state index contributed by atoms with van der Waals surface area (Å²) in [5.41, 5.74) is -1.45. The maximum absolute atomic E-state index is 12.6. The number of halogens is 3. The van der Waals surface area contributed by atoms with Crippen LogP contribution < -0.4 is 5.49 Å². The SMILES string of the molecule is [2H]c1nc(SC)[nH]c(=NCC)c1C(F)(F)F. The van der Waals surface area contributed by atoms with Gasteiger partial charge in [-0.15, -0.1) is 0 Å². The summed E-state index contributed by atoms with van der Waals surface area (Å²) < 4.78 is 45.1. The van der Waals surface area contributed by atoms with Gasteiger partial charge in [0.05, 0.1) is 1.37 Å². The zero-order valence-corrected chi connectivity index (χ0v) is 8.96. The van der Waals surface area contributed by atoms with Crippen molar-refractivity contribution in [1.29, 1.82) is 0 Å². The van der Waals surface area contributed by atoms with Crippen molar-refractivity contribution < 1.29 is 14.5 Å². The van der Waals surface area contributed by atoms with Crippen molar-refractivity contribution in [2.75, 3.05) is 12.8 Å². The van der Waals surface area contributed by atoms with Crippen LogP contribution in [0.25, 0.3) is 0 Å². The Morgan fingerprint density at radius 1 is 1.67 bits per heavy atom. The number of aromatic nitrogens is 2. The molecule has 0 amide bonds. The molecule has 0 fully saturated rings. The van der Waals surface area contributed by atoms with Gasteiger partial charge in [0.1, 0.15) is 11.1 Å². The fraction of sp³-hybridized carbons (Fsp3) is 0.500. The zero-order valence-electron chi connectivity index (χ0n) is 9.14. The van der Waals surface area contributed by atoms with Crippen molar-refractivity contribution in [2.24, 2.45) is 4.99 Å². The number of alkyl halides is 3. The Bertz CT molecular complexity index is 441. The second kappa shape index (κ2) is 4.69. The summed E-state index contributed by atoms with van der Waals surface area (Å²) in [6.45, 7) is 1.83. The molecule has 15 heavy (non-hydrogen) atoms. The standard InChI is InChI=1S/C8H10F3N3S/c1-3-12-6-5(8(9,10)11)4-13-7(14-6)15-2/h4H,3H2,1-2H3,(H,12,13,14)/i4D. The van der Waals surface area contributed by atoms with E-state index >= 15 is 0 Å². The maximum Gasteiger partial charge on any atom is 0.421 e. The number of aromatic amines is 1. The third-order valence-electron chi connectivity index (χ3n) is 1.52. The maximum atomic E-state index is 12.6. The highest BCUT2D eigenvalue weighted by molar-refractivity contribution is 7.98. The predicted octanol–water partition coefficient (Wildman–Crippen LogP) is 2.07. The molecule has 1 aromatic heterocycles. The first-order chi connectivity index (χ1) is 7.40. The first-order valence-corrected chi connectivity index (χ1v) is 5.35. The molecule has 84 valence electrons. The summed E-state index contributed by atoms with van der Waals surface area (Å²) in [6.07, 6.45) is -3.77. The van der Waals surface area contributed by atoms with E-state index in [2.05, 4.69) is 15.0 Å². The second-order valence-electron chi connectivity index (χ2n) is 2.55. The Balaban J connectivity index is 3.53. The van der Waals surface area contributed by atoms with E-state index in [1.165, 1.54) is 0 Å². The fourth-order valence-electron chi connectivity index (χ4n) is 0.922. The van der Waals surface area contributed by atoms with Gasteiger partial charge in [-0.3, -0.25) is 4.99 Å². The van der Waals surface area contributed by atoms with Crippen molar-refractivity contribution in [3.8, 4) is 0 Å². The van der Waals surface area contributed by atoms with Crippen molar-refractivity contribution in [2.45, 2.75) is 18.3 Å². The monoisotopic (exact) mass is 238 g/mol. The lowest BCUT2D eigenvalue weighted by Crippen LogP contribution is -2.24. The highest BCUT2D eigenvalue weighted by atomic mass is 32.2. The lowest BCUT2D eigenvalue weighted by atomic mass is 10.3. The molecule has 1 heterocycles. The highest BCUT2D eigenvalue weighted by Crippen LogP contribution is 2.25. The van der Waals surface area contributed by atoms with E-state index in [0.717, 1.165) is 11.8 Å². The summed E-state index contributed by atoms with van der Waals surface area (Å²) in [5, 5.41) is 0.241. The smallest absolute Gasteiger partial charge is 0.319 e.